The van der Waals surface area contributed by atoms with Gasteiger partial charge in [0.2, 0.25) is 5.91 Å². The van der Waals surface area contributed by atoms with Crippen LogP contribution in [0.25, 0.3) is 0 Å². The van der Waals surface area contributed by atoms with Crippen LogP contribution < -0.4 is 10.0 Å². The summed E-state index contributed by atoms with van der Waals surface area (Å²) < 4.78 is 27.5. The van der Waals surface area contributed by atoms with Crippen LogP contribution in [-0.4, -0.2) is 25.8 Å². The Morgan fingerprint density at radius 3 is 2.15 bits per heavy atom. The van der Waals surface area contributed by atoms with Crippen LogP contribution in [0.2, 0.25) is 0 Å². The zero-order valence-electron chi connectivity index (χ0n) is 15.1. The first-order valence-corrected chi connectivity index (χ1v) is 9.82. The van der Waals surface area contributed by atoms with Gasteiger partial charge in [-0.15, -0.1) is 0 Å². The highest BCUT2D eigenvalue weighted by Gasteiger charge is 2.30. The van der Waals surface area contributed by atoms with Gasteiger partial charge in [0.15, 0.2) is 0 Å². The molecule has 144 valence electrons. The molecule has 2 aromatic carbocycles. The molecule has 9 heteroatoms. The van der Waals surface area contributed by atoms with Gasteiger partial charge in [-0.25, -0.2) is 8.42 Å². The van der Waals surface area contributed by atoms with Crippen LogP contribution >= 0.6 is 0 Å². The zero-order chi connectivity index (χ0) is 20.2. The Labute approximate surface area is 157 Å². The molecule has 8 nitrogen and oxygen atoms in total. The van der Waals surface area contributed by atoms with Gasteiger partial charge in [-0.2, -0.15) is 0 Å². The van der Waals surface area contributed by atoms with Crippen LogP contribution in [0.15, 0.2) is 47.4 Å². The number of carbonyl (C=O) groups is 1. The van der Waals surface area contributed by atoms with Crippen molar-refractivity contribution in [2.45, 2.75) is 31.6 Å². The zero-order valence-corrected chi connectivity index (χ0v) is 15.9. The fraction of sp³-hybridized carbons (Fsp3) is 0.278. The van der Waals surface area contributed by atoms with E-state index in [9.17, 15) is 23.3 Å². The fourth-order valence-electron chi connectivity index (χ4n) is 2.85. The molecule has 2 aromatic rings. The first kappa shape index (κ1) is 20.4. The first-order chi connectivity index (χ1) is 12.7. The second-order valence-corrected chi connectivity index (χ2v) is 7.73. The standard InChI is InChI=1S/C18H21N3O5S/c1-3-13-7-5-8-14(4-2)18(13)20(12-17(19)22)27(25,26)16-10-6-9-15(11-16)21(23)24/h5-11H,3-4,12H2,1-2H3,(H2,19,22). The minimum absolute atomic E-state index is 0.272. The fourth-order valence-corrected chi connectivity index (χ4v) is 4.39. The van der Waals surface area contributed by atoms with Crippen molar-refractivity contribution in [2.75, 3.05) is 10.8 Å². The molecule has 0 aliphatic rings. The van der Waals surface area contributed by atoms with E-state index in [1.54, 1.807) is 12.1 Å². The minimum Gasteiger partial charge on any atom is -0.368 e. The molecular formula is C18H21N3O5S. The number of carbonyl (C=O) groups excluding carboxylic acids is 1. The molecule has 0 aromatic heterocycles. The number of nitrogens with zero attached hydrogens (tertiary/aromatic N) is 2. The number of aryl methyl sites for hydroxylation is 2. The van der Waals surface area contributed by atoms with E-state index in [0.29, 0.717) is 18.5 Å². The Kier molecular flexibility index (Phi) is 6.17. The van der Waals surface area contributed by atoms with E-state index in [-0.39, 0.29) is 10.6 Å². The molecule has 0 saturated carbocycles. The molecule has 0 spiro atoms. The van der Waals surface area contributed by atoms with Gasteiger partial charge < -0.3 is 5.73 Å². The largest absolute Gasteiger partial charge is 0.368 e. The van der Waals surface area contributed by atoms with E-state index in [1.165, 1.54) is 18.2 Å². The van der Waals surface area contributed by atoms with Crippen molar-refractivity contribution < 1.29 is 18.1 Å². The van der Waals surface area contributed by atoms with Crippen LogP contribution in [0.1, 0.15) is 25.0 Å². The molecule has 0 heterocycles. The van der Waals surface area contributed by atoms with Crippen LogP contribution in [-0.2, 0) is 27.7 Å². The molecule has 0 radical (unpaired) electrons. The summed E-state index contributed by atoms with van der Waals surface area (Å²) >= 11 is 0. The van der Waals surface area contributed by atoms with Crippen LogP contribution in [0.4, 0.5) is 11.4 Å². The number of anilines is 1. The number of amides is 1. The highest BCUT2D eigenvalue weighted by atomic mass is 32.2. The Morgan fingerprint density at radius 2 is 1.67 bits per heavy atom. The first-order valence-electron chi connectivity index (χ1n) is 8.38. The van der Waals surface area contributed by atoms with E-state index in [0.717, 1.165) is 21.5 Å². The second-order valence-electron chi connectivity index (χ2n) is 5.86. The van der Waals surface area contributed by atoms with E-state index in [2.05, 4.69) is 0 Å². The third-order valence-electron chi connectivity index (χ3n) is 4.13. The molecule has 0 aliphatic carbocycles. The summed E-state index contributed by atoms with van der Waals surface area (Å²) in [6.45, 7) is 3.19. The summed E-state index contributed by atoms with van der Waals surface area (Å²) in [7, 11) is -4.24. The molecule has 2 N–H and O–H groups in total. The summed E-state index contributed by atoms with van der Waals surface area (Å²) in [6.07, 6.45) is 1.09. The molecular weight excluding hydrogens is 370 g/mol. The number of benzene rings is 2. The maximum Gasteiger partial charge on any atom is 0.270 e. The molecule has 2 rings (SSSR count). The van der Waals surface area contributed by atoms with Gasteiger partial charge in [0.1, 0.15) is 6.54 Å². The molecule has 0 bridgehead atoms. The van der Waals surface area contributed by atoms with Crippen LogP contribution in [0.5, 0.6) is 0 Å². The third-order valence-corrected chi connectivity index (χ3v) is 5.87. The molecule has 0 atom stereocenters. The third kappa shape index (κ3) is 4.25. The van der Waals surface area contributed by atoms with Crippen molar-refractivity contribution in [1.29, 1.82) is 0 Å². The number of nitro benzene ring substituents is 1. The quantitative estimate of drug-likeness (QED) is 0.546. The molecule has 0 saturated heterocycles. The monoisotopic (exact) mass is 391 g/mol. The predicted octanol–water partition coefficient (Wildman–Crippen LogP) is 2.40. The Hall–Kier alpha value is -2.94. The Balaban J connectivity index is 2.73. The molecule has 0 aliphatic heterocycles. The Bertz CT molecular complexity index is 950. The van der Waals surface area contributed by atoms with Crippen LogP contribution in [0, 0.1) is 10.1 Å². The van der Waals surface area contributed by atoms with Gasteiger partial charge in [0, 0.05) is 12.1 Å². The number of para-hydroxylation sites is 1. The smallest absolute Gasteiger partial charge is 0.270 e. The lowest BCUT2D eigenvalue weighted by molar-refractivity contribution is -0.385. The van der Waals surface area contributed by atoms with Gasteiger partial charge in [-0.05, 0) is 30.0 Å². The van der Waals surface area contributed by atoms with Gasteiger partial charge in [0.05, 0.1) is 15.5 Å². The molecule has 1 amide bonds. The summed E-state index contributed by atoms with van der Waals surface area (Å²) in [6, 6.07) is 10.1. The molecule has 0 fully saturated rings. The lowest BCUT2D eigenvalue weighted by Crippen LogP contribution is -2.39. The Morgan fingerprint density at radius 1 is 1.11 bits per heavy atom. The normalized spacial score (nSPS) is 11.2. The number of primary amides is 1. The second kappa shape index (κ2) is 8.17. The van der Waals surface area contributed by atoms with E-state index >= 15 is 0 Å². The summed E-state index contributed by atoms with van der Waals surface area (Å²) in [5.41, 5.74) is 6.84. The van der Waals surface area contributed by atoms with Crippen molar-refractivity contribution in [3.8, 4) is 0 Å². The van der Waals surface area contributed by atoms with Crippen molar-refractivity contribution in [2.24, 2.45) is 5.73 Å². The highest BCUT2D eigenvalue weighted by Crippen LogP contribution is 2.32. The van der Waals surface area contributed by atoms with Crippen molar-refractivity contribution in [3.63, 3.8) is 0 Å². The summed E-state index contributed by atoms with van der Waals surface area (Å²) in [5.74, 6) is -0.822. The van der Waals surface area contributed by atoms with Gasteiger partial charge in [0.25, 0.3) is 15.7 Å². The van der Waals surface area contributed by atoms with Gasteiger partial charge in [-0.1, -0.05) is 38.1 Å². The SMILES string of the molecule is CCc1cccc(CC)c1N(CC(N)=O)S(=O)(=O)c1cccc([N+](=O)[O-])c1. The summed E-state index contributed by atoms with van der Waals surface area (Å²) in [4.78, 5) is 21.7. The number of rotatable bonds is 8. The number of hydrogen-bond acceptors (Lipinski definition) is 5. The van der Waals surface area contributed by atoms with Crippen LogP contribution in [0.3, 0.4) is 0 Å². The van der Waals surface area contributed by atoms with E-state index in [4.69, 9.17) is 5.73 Å². The average molecular weight is 391 g/mol. The number of sulfonamides is 1. The molecule has 27 heavy (non-hydrogen) atoms. The lowest BCUT2D eigenvalue weighted by atomic mass is 10.0. The average Bonchev–Trinajstić information content (AvgIpc) is 2.65. The topological polar surface area (TPSA) is 124 Å². The molecule has 0 unspecified atom stereocenters. The van der Waals surface area contributed by atoms with E-state index < -0.39 is 27.4 Å². The summed E-state index contributed by atoms with van der Waals surface area (Å²) in [5, 5.41) is 11.0. The van der Waals surface area contributed by atoms with Gasteiger partial charge in [-0.3, -0.25) is 19.2 Å². The number of nitrogens with two attached hydrogens (primary N) is 1. The maximum atomic E-state index is 13.3. The number of nitro groups is 1. The van der Waals surface area contributed by atoms with Crippen molar-refractivity contribution in [3.05, 3.63) is 63.7 Å². The number of hydrogen-bond donors (Lipinski definition) is 1. The lowest BCUT2D eigenvalue weighted by Gasteiger charge is -2.27. The van der Waals surface area contributed by atoms with Crippen molar-refractivity contribution in [1.82, 2.24) is 0 Å². The maximum absolute atomic E-state index is 13.3. The van der Waals surface area contributed by atoms with E-state index in [1.807, 2.05) is 19.9 Å². The minimum atomic E-state index is -4.24. The highest BCUT2D eigenvalue weighted by molar-refractivity contribution is 7.92. The number of non-ortho nitro benzene ring substituents is 1. The van der Waals surface area contributed by atoms with Crippen molar-refractivity contribution >= 4 is 27.3 Å². The van der Waals surface area contributed by atoms with Gasteiger partial charge >= 0.3 is 0 Å². The predicted molar refractivity (Wildman–Crippen MR) is 102 cm³/mol.